The summed E-state index contributed by atoms with van der Waals surface area (Å²) in [7, 11) is 0. The summed E-state index contributed by atoms with van der Waals surface area (Å²) in [6.45, 7) is 3.05. The van der Waals surface area contributed by atoms with Crippen LogP contribution in [0, 0.1) is 0 Å². The van der Waals surface area contributed by atoms with Gasteiger partial charge in [-0.2, -0.15) is 5.10 Å². The molecule has 0 aliphatic carbocycles. The van der Waals surface area contributed by atoms with Crippen LogP contribution in [0.1, 0.15) is 34.8 Å². The molecule has 1 aliphatic rings. The third-order valence-electron chi connectivity index (χ3n) is 4.87. The van der Waals surface area contributed by atoms with E-state index in [1.807, 2.05) is 36.4 Å². The third-order valence-corrected chi connectivity index (χ3v) is 4.87. The maximum absolute atomic E-state index is 12.9. The number of hydrogen-bond acceptors (Lipinski definition) is 3. The van der Waals surface area contributed by atoms with Crippen molar-refractivity contribution in [3.63, 3.8) is 0 Å². The van der Waals surface area contributed by atoms with Crippen molar-refractivity contribution in [1.82, 2.24) is 20.4 Å². The van der Waals surface area contributed by atoms with Gasteiger partial charge in [-0.25, -0.2) is 0 Å². The lowest BCUT2D eigenvalue weighted by Gasteiger charge is -2.25. The molecule has 4 rings (SSSR count). The number of nitrogens with one attached hydrogen (secondary N) is 2. The Labute approximate surface area is 147 Å². The van der Waals surface area contributed by atoms with Crippen LogP contribution in [-0.2, 0) is 0 Å². The lowest BCUT2D eigenvalue weighted by Crippen LogP contribution is -2.37. The lowest BCUT2D eigenvalue weighted by molar-refractivity contribution is 0.0928. The van der Waals surface area contributed by atoms with Gasteiger partial charge in [-0.1, -0.05) is 42.5 Å². The Morgan fingerprint density at radius 2 is 1.92 bits per heavy atom. The molecule has 0 spiro atoms. The number of para-hydroxylation sites is 1. The van der Waals surface area contributed by atoms with Gasteiger partial charge in [-0.15, -0.1) is 0 Å². The minimum absolute atomic E-state index is 0.0232. The first-order valence-electron chi connectivity index (χ1n) is 8.81. The molecule has 3 aromatic rings. The number of hydrogen-bond donors (Lipinski definition) is 2. The van der Waals surface area contributed by atoms with Crippen molar-refractivity contribution < 1.29 is 4.79 Å². The summed E-state index contributed by atoms with van der Waals surface area (Å²) < 4.78 is 0. The molecule has 2 heterocycles. The van der Waals surface area contributed by atoms with Gasteiger partial charge in [0.1, 0.15) is 0 Å². The maximum atomic E-state index is 12.9. The van der Waals surface area contributed by atoms with Crippen molar-refractivity contribution in [3.8, 4) is 0 Å². The Hall–Kier alpha value is -2.66. The van der Waals surface area contributed by atoms with Crippen LogP contribution in [0.3, 0.4) is 0 Å². The highest BCUT2D eigenvalue weighted by Crippen LogP contribution is 2.20. The van der Waals surface area contributed by atoms with Crippen LogP contribution in [0.5, 0.6) is 0 Å². The fourth-order valence-corrected chi connectivity index (χ4v) is 3.54. The van der Waals surface area contributed by atoms with Crippen LogP contribution in [0.25, 0.3) is 10.9 Å². The van der Waals surface area contributed by atoms with Crippen LogP contribution in [0.15, 0.2) is 54.7 Å². The predicted molar refractivity (Wildman–Crippen MR) is 98.4 cm³/mol. The molecule has 1 amide bonds. The van der Waals surface area contributed by atoms with Gasteiger partial charge in [0.2, 0.25) is 0 Å². The third kappa shape index (κ3) is 3.42. The molecule has 5 nitrogen and oxygen atoms in total. The van der Waals surface area contributed by atoms with E-state index in [0.29, 0.717) is 5.56 Å². The van der Waals surface area contributed by atoms with Crippen LogP contribution in [0.4, 0.5) is 0 Å². The zero-order chi connectivity index (χ0) is 17.1. The van der Waals surface area contributed by atoms with Crippen LogP contribution >= 0.6 is 0 Å². The number of likely N-dealkylation sites (tertiary alicyclic amines) is 1. The number of carbonyl (C=O) groups is 1. The Bertz CT molecular complexity index is 852. The van der Waals surface area contributed by atoms with E-state index in [1.54, 1.807) is 6.20 Å². The van der Waals surface area contributed by atoms with E-state index in [0.717, 1.165) is 36.1 Å². The second-order valence-corrected chi connectivity index (χ2v) is 6.58. The molecular formula is C20H22N4O. The van der Waals surface area contributed by atoms with Crippen molar-refractivity contribution in [2.24, 2.45) is 0 Å². The number of aromatic nitrogens is 2. The summed E-state index contributed by atoms with van der Waals surface area (Å²) in [6.07, 6.45) is 4.22. The normalized spacial score (nSPS) is 16.2. The first-order valence-corrected chi connectivity index (χ1v) is 8.81. The minimum atomic E-state index is -0.0668. The monoisotopic (exact) mass is 334 g/mol. The zero-order valence-electron chi connectivity index (χ0n) is 14.1. The van der Waals surface area contributed by atoms with Crippen LogP contribution < -0.4 is 5.32 Å². The van der Waals surface area contributed by atoms with Gasteiger partial charge in [0.05, 0.1) is 23.3 Å². The highest BCUT2D eigenvalue weighted by molar-refractivity contribution is 6.05. The van der Waals surface area contributed by atoms with Gasteiger partial charge in [0.15, 0.2) is 0 Å². The van der Waals surface area contributed by atoms with Gasteiger partial charge in [-0.05, 0) is 37.6 Å². The second-order valence-electron chi connectivity index (χ2n) is 6.58. The molecule has 2 N–H and O–H groups in total. The molecule has 0 radical (unpaired) electrons. The SMILES string of the molecule is O=C(NC(CN1CCCC1)c1ccccc1)c1cccc2cn[nH]c12. The van der Waals surface area contributed by atoms with E-state index < -0.39 is 0 Å². The fraction of sp³-hybridized carbons (Fsp3) is 0.300. The van der Waals surface area contributed by atoms with E-state index in [9.17, 15) is 4.79 Å². The molecule has 1 saturated heterocycles. The molecule has 0 bridgehead atoms. The number of nitrogens with zero attached hydrogens (tertiary/aromatic N) is 2. The summed E-state index contributed by atoms with van der Waals surface area (Å²) in [4.78, 5) is 15.4. The van der Waals surface area contributed by atoms with Crippen LogP contribution in [0.2, 0.25) is 0 Å². The van der Waals surface area contributed by atoms with E-state index in [2.05, 4.69) is 32.5 Å². The molecule has 1 aliphatic heterocycles. The first-order chi connectivity index (χ1) is 12.3. The van der Waals surface area contributed by atoms with E-state index in [4.69, 9.17) is 0 Å². The molecule has 128 valence electrons. The number of aromatic amines is 1. The highest BCUT2D eigenvalue weighted by Gasteiger charge is 2.22. The molecule has 1 fully saturated rings. The Morgan fingerprint density at radius 1 is 1.12 bits per heavy atom. The minimum Gasteiger partial charge on any atom is -0.344 e. The van der Waals surface area contributed by atoms with Crippen molar-refractivity contribution in [1.29, 1.82) is 0 Å². The van der Waals surface area contributed by atoms with Crippen molar-refractivity contribution in [2.45, 2.75) is 18.9 Å². The molecule has 1 atom stereocenters. The number of amides is 1. The average molecular weight is 334 g/mol. The highest BCUT2D eigenvalue weighted by atomic mass is 16.1. The fourth-order valence-electron chi connectivity index (χ4n) is 3.54. The first kappa shape index (κ1) is 15.8. The standard InChI is InChI=1S/C20H22N4O/c25-20(17-10-6-9-16-13-21-23-19(16)17)22-18(14-24-11-4-5-12-24)15-7-2-1-3-8-15/h1-3,6-10,13,18H,4-5,11-12,14H2,(H,21,23)(H,22,25). The largest absolute Gasteiger partial charge is 0.344 e. The molecule has 0 saturated carbocycles. The number of carbonyl (C=O) groups excluding carboxylic acids is 1. The predicted octanol–water partition coefficient (Wildman–Crippen LogP) is 3.13. The summed E-state index contributed by atoms with van der Waals surface area (Å²) in [6, 6.07) is 15.9. The van der Waals surface area contributed by atoms with E-state index in [1.165, 1.54) is 12.8 Å². The lowest BCUT2D eigenvalue weighted by atomic mass is 10.0. The molecular weight excluding hydrogens is 312 g/mol. The van der Waals surface area contributed by atoms with Gasteiger partial charge in [0, 0.05) is 11.9 Å². The Morgan fingerprint density at radius 3 is 2.72 bits per heavy atom. The summed E-state index contributed by atoms with van der Waals surface area (Å²) in [5.74, 6) is -0.0668. The van der Waals surface area contributed by atoms with Crippen LogP contribution in [-0.4, -0.2) is 40.6 Å². The number of H-pyrrole nitrogens is 1. The number of rotatable bonds is 5. The molecule has 1 unspecified atom stereocenters. The van der Waals surface area contributed by atoms with E-state index in [-0.39, 0.29) is 11.9 Å². The van der Waals surface area contributed by atoms with Crippen molar-refractivity contribution in [3.05, 3.63) is 65.9 Å². The van der Waals surface area contributed by atoms with Gasteiger partial charge in [0.25, 0.3) is 5.91 Å². The summed E-state index contributed by atoms with van der Waals surface area (Å²) in [5, 5.41) is 11.2. The second kappa shape index (κ2) is 7.07. The molecule has 25 heavy (non-hydrogen) atoms. The van der Waals surface area contributed by atoms with E-state index >= 15 is 0 Å². The Balaban J connectivity index is 1.59. The Kier molecular flexibility index (Phi) is 4.48. The smallest absolute Gasteiger partial charge is 0.253 e. The quantitative estimate of drug-likeness (QED) is 0.753. The topological polar surface area (TPSA) is 61.0 Å². The molecule has 5 heteroatoms. The summed E-state index contributed by atoms with van der Waals surface area (Å²) >= 11 is 0. The molecule has 2 aromatic carbocycles. The zero-order valence-corrected chi connectivity index (χ0v) is 14.1. The number of fused-ring (bicyclic) bond motifs is 1. The maximum Gasteiger partial charge on any atom is 0.253 e. The van der Waals surface area contributed by atoms with Crippen molar-refractivity contribution in [2.75, 3.05) is 19.6 Å². The van der Waals surface area contributed by atoms with Gasteiger partial charge < -0.3 is 10.2 Å². The molecule has 1 aromatic heterocycles. The van der Waals surface area contributed by atoms with Crippen molar-refractivity contribution >= 4 is 16.8 Å². The van der Waals surface area contributed by atoms with Gasteiger partial charge >= 0.3 is 0 Å². The summed E-state index contributed by atoms with van der Waals surface area (Å²) in [5.41, 5.74) is 2.56. The average Bonchev–Trinajstić information content (AvgIpc) is 3.33. The van der Waals surface area contributed by atoms with Gasteiger partial charge in [-0.3, -0.25) is 9.89 Å². The number of benzene rings is 2.